The molecule has 2 heterocycles. The highest BCUT2D eigenvalue weighted by Crippen LogP contribution is 2.13. The summed E-state index contributed by atoms with van der Waals surface area (Å²) in [4.78, 5) is 22.5. The fourth-order valence-electron chi connectivity index (χ4n) is 2.26. The summed E-state index contributed by atoms with van der Waals surface area (Å²) in [5.74, 6) is 1.02. The van der Waals surface area contributed by atoms with Crippen molar-refractivity contribution in [3.8, 4) is 0 Å². The van der Waals surface area contributed by atoms with E-state index >= 15 is 0 Å². The smallest absolute Gasteiger partial charge is 0.271 e. The summed E-state index contributed by atoms with van der Waals surface area (Å²) < 4.78 is 0. The quantitative estimate of drug-likeness (QED) is 0.813. The third-order valence-electron chi connectivity index (χ3n) is 3.27. The second-order valence-corrected chi connectivity index (χ2v) is 4.95. The first-order chi connectivity index (χ1) is 9.19. The summed E-state index contributed by atoms with van der Waals surface area (Å²) in [6.07, 6.45) is 4.25. The van der Waals surface area contributed by atoms with Gasteiger partial charge in [-0.3, -0.25) is 9.78 Å². The Hall–Kier alpha value is -1.69. The predicted molar refractivity (Wildman–Crippen MR) is 74.1 cm³/mol. The monoisotopic (exact) mass is 263 g/mol. The lowest BCUT2D eigenvalue weighted by molar-refractivity contribution is 0.0942. The van der Waals surface area contributed by atoms with E-state index < -0.39 is 0 Å². The van der Waals surface area contributed by atoms with E-state index in [-0.39, 0.29) is 5.91 Å². The van der Waals surface area contributed by atoms with Crippen LogP contribution in [0, 0.1) is 5.92 Å². The zero-order valence-electron chi connectivity index (χ0n) is 11.5. The summed E-state index contributed by atoms with van der Waals surface area (Å²) in [5, 5.41) is 5.98. The van der Waals surface area contributed by atoms with Crippen molar-refractivity contribution in [2.24, 2.45) is 5.92 Å². The number of rotatable bonds is 5. The maximum Gasteiger partial charge on any atom is 0.271 e. The van der Waals surface area contributed by atoms with Crippen molar-refractivity contribution in [3.05, 3.63) is 18.1 Å². The summed E-state index contributed by atoms with van der Waals surface area (Å²) in [6.45, 7) is 5.59. The molecule has 1 aliphatic rings. The molecule has 1 aromatic heterocycles. The first kappa shape index (κ1) is 13.7. The summed E-state index contributed by atoms with van der Waals surface area (Å²) in [5.41, 5.74) is 0.366. The van der Waals surface area contributed by atoms with Gasteiger partial charge >= 0.3 is 0 Å². The van der Waals surface area contributed by atoms with E-state index in [0.29, 0.717) is 24.0 Å². The van der Waals surface area contributed by atoms with Crippen LogP contribution >= 0.6 is 0 Å². The number of likely N-dealkylation sites (tertiary alicyclic amines) is 1. The molecule has 104 valence electrons. The minimum absolute atomic E-state index is 0.151. The first-order valence-corrected chi connectivity index (χ1v) is 6.71. The van der Waals surface area contributed by atoms with Crippen molar-refractivity contribution in [3.63, 3.8) is 0 Å². The number of nitrogens with one attached hydrogen (secondary N) is 2. The highest BCUT2D eigenvalue weighted by molar-refractivity contribution is 5.92. The topological polar surface area (TPSA) is 70.2 Å². The van der Waals surface area contributed by atoms with E-state index in [2.05, 4.69) is 32.5 Å². The second-order valence-electron chi connectivity index (χ2n) is 4.95. The van der Waals surface area contributed by atoms with Crippen LogP contribution in [0.3, 0.4) is 0 Å². The first-order valence-electron chi connectivity index (χ1n) is 6.71. The number of anilines is 1. The van der Waals surface area contributed by atoms with E-state index in [1.807, 2.05) is 6.92 Å². The van der Waals surface area contributed by atoms with Crippen molar-refractivity contribution in [2.45, 2.75) is 13.3 Å². The number of carbonyl (C=O) groups is 1. The summed E-state index contributed by atoms with van der Waals surface area (Å²) in [6, 6.07) is 0. The normalized spacial score (nSPS) is 19.4. The zero-order chi connectivity index (χ0) is 13.7. The van der Waals surface area contributed by atoms with Crippen LogP contribution < -0.4 is 10.6 Å². The molecule has 1 unspecified atom stereocenters. The van der Waals surface area contributed by atoms with Gasteiger partial charge in [0.2, 0.25) is 0 Å². The average Bonchev–Trinajstić information content (AvgIpc) is 2.82. The van der Waals surface area contributed by atoms with Gasteiger partial charge in [-0.05, 0) is 32.9 Å². The molecule has 0 bridgehead atoms. The maximum atomic E-state index is 12.0. The molecule has 1 aliphatic heterocycles. The standard InChI is InChI=1S/C13H21N5O/c1-3-15-12-8-14-7-11(17-12)13(19)16-6-10-4-5-18(2)9-10/h7-8,10H,3-6,9H2,1-2H3,(H,15,17)(H,16,19). The van der Waals surface area contributed by atoms with Gasteiger partial charge in [-0.15, -0.1) is 0 Å². The molecular formula is C13H21N5O. The maximum absolute atomic E-state index is 12.0. The lowest BCUT2D eigenvalue weighted by atomic mass is 10.1. The zero-order valence-corrected chi connectivity index (χ0v) is 11.5. The number of carbonyl (C=O) groups excluding carboxylic acids is 1. The third kappa shape index (κ3) is 3.89. The molecule has 6 heteroatoms. The molecule has 0 spiro atoms. The van der Waals surface area contributed by atoms with Gasteiger partial charge in [0.05, 0.1) is 12.4 Å². The average molecular weight is 263 g/mol. The van der Waals surface area contributed by atoms with Crippen LogP contribution in [0.25, 0.3) is 0 Å². The fourth-order valence-corrected chi connectivity index (χ4v) is 2.26. The minimum atomic E-state index is -0.151. The van der Waals surface area contributed by atoms with Gasteiger partial charge in [0.25, 0.3) is 5.91 Å². The van der Waals surface area contributed by atoms with E-state index in [4.69, 9.17) is 0 Å². The highest BCUT2D eigenvalue weighted by atomic mass is 16.1. The molecule has 1 fully saturated rings. The van der Waals surface area contributed by atoms with Gasteiger partial charge in [-0.1, -0.05) is 0 Å². The predicted octanol–water partition coefficient (Wildman–Crippen LogP) is 0.590. The van der Waals surface area contributed by atoms with Crippen molar-refractivity contribution in [1.82, 2.24) is 20.2 Å². The van der Waals surface area contributed by atoms with Crippen LogP contribution in [-0.4, -0.2) is 54.0 Å². The van der Waals surface area contributed by atoms with E-state index in [9.17, 15) is 4.79 Å². The van der Waals surface area contributed by atoms with Gasteiger partial charge in [-0.2, -0.15) is 0 Å². The lowest BCUT2D eigenvalue weighted by Crippen LogP contribution is -2.31. The molecule has 0 aliphatic carbocycles. The molecule has 0 saturated carbocycles. The molecule has 0 radical (unpaired) electrons. The largest absolute Gasteiger partial charge is 0.369 e. The summed E-state index contributed by atoms with van der Waals surface area (Å²) >= 11 is 0. The molecule has 0 aromatic carbocycles. The molecule has 1 aromatic rings. The van der Waals surface area contributed by atoms with Crippen molar-refractivity contribution >= 4 is 11.7 Å². The van der Waals surface area contributed by atoms with Crippen LogP contribution in [0.5, 0.6) is 0 Å². The lowest BCUT2D eigenvalue weighted by Gasteiger charge is -2.11. The molecule has 1 atom stereocenters. The van der Waals surface area contributed by atoms with E-state index in [1.54, 1.807) is 6.20 Å². The number of aromatic nitrogens is 2. The van der Waals surface area contributed by atoms with Gasteiger partial charge in [0, 0.05) is 19.6 Å². The number of amides is 1. The number of hydrogen-bond acceptors (Lipinski definition) is 5. The van der Waals surface area contributed by atoms with Gasteiger partial charge < -0.3 is 15.5 Å². The number of hydrogen-bond donors (Lipinski definition) is 2. The third-order valence-corrected chi connectivity index (χ3v) is 3.27. The van der Waals surface area contributed by atoms with Crippen LogP contribution in [-0.2, 0) is 0 Å². The van der Waals surface area contributed by atoms with Crippen molar-refractivity contribution in [2.75, 3.05) is 38.5 Å². The number of nitrogens with zero attached hydrogens (tertiary/aromatic N) is 3. The van der Waals surface area contributed by atoms with E-state index in [0.717, 1.165) is 26.1 Å². The Morgan fingerprint density at radius 1 is 1.53 bits per heavy atom. The SMILES string of the molecule is CCNc1cncc(C(=O)NCC2CCN(C)C2)n1. The Labute approximate surface area is 113 Å². The van der Waals surface area contributed by atoms with Gasteiger partial charge in [0.15, 0.2) is 0 Å². The molecule has 1 saturated heterocycles. The van der Waals surface area contributed by atoms with E-state index in [1.165, 1.54) is 6.20 Å². The fraction of sp³-hybridized carbons (Fsp3) is 0.615. The molecule has 6 nitrogen and oxygen atoms in total. The van der Waals surface area contributed by atoms with Crippen molar-refractivity contribution in [1.29, 1.82) is 0 Å². The molecule has 2 N–H and O–H groups in total. The molecule has 19 heavy (non-hydrogen) atoms. The Balaban J connectivity index is 1.87. The molecule has 1 amide bonds. The van der Waals surface area contributed by atoms with Crippen LogP contribution in [0.15, 0.2) is 12.4 Å². The van der Waals surface area contributed by atoms with Crippen LogP contribution in [0.2, 0.25) is 0 Å². The Bertz CT molecular complexity index is 437. The molecule has 2 rings (SSSR count). The van der Waals surface area contributed by atoms with Gasteiger partial charge in [0.1, 0.15) is 11.5 Å². The second kappa shape index (κ2) is 6.47. The van der Waals surface area contributed by atoms with Crippen LogP contribution in [0.4, 0.5) is 5.82 Å². The van der Waals surface area contributed by atoms with Crippen molar-refractivity contribution < 1.29 is 4.79 Å². The Morgan fingerprint density at radius 3 is 3.05 bits per heavy atom. The van der Waals surface area contributed by atoms with Gasteiger partial charge in [-0.25, -0.2) is 4.98 Å². The minimum Gasteiger partial charge on any atom is -0.369 e. The highest BCUT2D eigenvalue weighted by Gasteiger charge is 2.20. The van der Waals surface area contributed by atoms with Crippen LogP contribution in [0.1, 0.15) is 23.8 Å². The Morgan fingerprint density at radius 2 is 2.37 bits per heavy atom. The molecular weight excluding hydrogens is 242 g/mol. The summed E-state index contributed by atoms with van der Waals surface area (Å²) in [7, 11) is 2.10. The Kier molecular flexibility index (Phi) is 4.68.